The van der Waals surface area contributed by atoms with Crippen molar-refractivity contribution in [2.75, 3.05) is 5.32 Å². The van der Waals surface area contributed by atoms with Crippen molar-refractivity contribution in [1.29, 1.82) is 0 Å². The van der Waals surface area contributed by atoms with E-state index in [9.17, 15) is 22.4 Å². The summed E-state index contributed by atoms with van der Waals surface area (Å²) in [6, 6.07) is 15.7. The molecule has 35 heavy (non-hydrogen) atoms. The molecule has 0 aliphatic carbocycles. The van der Waals surface area contributed by atoms with Crippen LogP contribution in [0.2, 0.25) is 0 Å². The highest BCUT2D eigenvalue weighted by Gasteiger charge is 2.42. The first-order valence-electron chi connectivity index (χ1n) is 11.0. The van der Waals surface area contributed by atoms with Crippen LogP contribution in [0.15, 0.2) is 66.2 Å². The summed E-state index contributed by atoms with van der Waals surface area (Å²) in [4.78, 5) is 25.5. The number of amides is 2. The Balaban J connectivity index is 1.53. The maximum atomic E-state index is 13.3. The van der Waals surface area contributed by atoms with Gasteiger partial charge in [0.15, 0.2) is 0 Å². The molecule has 0 saturated heterocycles. The molecule has 3 aromatic carbocycles. The molecule has 0 spiro atoms. The Kier molecular flexibility index (Phi) is 6.34. The van der Waals surface area contributed by atoms with Gasteiger partial charge < -0.3 is 5.32 Å². The van der Waals surface area contributed by atoms with Gasteiger partial charge in [0.1, 0.15) is 10.7 Å². The average molecular weight is 493 g/mol. The van der Waals surface area contributed by atoms with Crippen LogP contribution in [0.4, 0.5) is 10.1 Å². The number of hydrogen-bond acceptors (Lipinski definition) is 4. The molecule has 0 bridgehead atoms. The SMILES string of the molecule is CC1=C(c2ccc(C)c(C)c2)S(=O)(=O)N(Cc2ccc(C(=O)Nc3ccc(F)cc3C)cc2)C1=O. The lowest BCUT2D eigenvalue weighted by molar-refractivity contribution is -0.122. The standard InChI is InChI=1S/C27H25FN2O4S/c1-16-5-8-22(13-17(16)2)25-19(4)27(32)30(35(25,33)34)15-20-6-9-21(10-7-20)26(31)29-24-12-11-23(28)14-18(24)3/h5-14H,15H2,1-4H3,(H,29,31). The average Bonchev–Trinajstić information content (AvgIpc) is 2.97. The molecule has 1 N–H and O–H groups in total. The Bertz CT molecular complexity index is 1490. The van der Waals surface area contributed by atoms with Crippen LogP contribution in [-0.4, -0.2) is 24.5 Å². The minimum Gasteiger partial charge on any atom is -0.322 e. The maximum absolute atomic E-state index is 13.3. The van der Waals surface area contributed by atoms with Crippen molar-refractivity contribution in [3.05, 3.63) is 105 Å². The number of aryl methyl sites for hydroxylation is 3. The third-order valence-electron chi connectivity index (χ3n) is 6.18. The van der Waals surface area contributed by atoms with Crippen LogP contribution >= 0.6 is 0 Å². The van der Waals surface area contributed by atoms with Gasteiger partial charge in [-0.2, -0.15) is 0 Å². The van der Waals surface area contributed by atoms with Gasteiger partial charge in [0.25, 0.3) is 21.8 Å². The summed E-state index contributed by atoms with van der Waals surface area (Å²) in [7, 11) is -4.03. The van der Waals surface area contributed by atoms with Crippen molar-refractivity contribution < 1.29 is 22.4 Å². The smallest absolute Gasteiger partial charge is 0.268 e. The van der Waals surface area contributed by atoms with Gasteiger partial charge in [0.2, 0.25) is 0 Å². The van der Waals surface area contributed by atoms with Gasteiger partial charge in [0.05, 0.1) is 6.54 Å². The highest BCUT2D eigenvalue weighted by Crippen LogP contribution is 2.37. The second-order valence-electron chi connectivity index (χ2n) is 8.68. The van der Waals surface area contributed by atoms with E-state index < -0.39 is 15.9 Å². The number of halogens is 1. The van der Waals surface area contributed by atoms with E-state index in [2.05, 4.69) is 5.32 Å². The molecule has 0 fully saturated rings. The first-order chi connectivity index (χ1) is 16.5. The minimum absolute atomic E-state index is 0.0243. The number of nitrogens with one attached hydrogen (secondary N) is 1. The topological polar surface area (TPSA) is 83.6 Å². The molecule has 1 aliphatic rings. The molecule has 1 heterocycles. The normalized spacial score (nSPS) is 15.0. The lowest BCUT2D eigenvalue weighted by atomic mass is 10.0. The van der Waals surface area contributed by atoms with E-state index in [4.69, 9.17) is 0 Å². The van der Waals surface area contributed by atoms with Gasteiger partial charge in [-0.3, -0.25) is 9.59 Å². The van der Waals surface area contributed by atoms with E-state index in [1.165, 1.54) is 25.1 Å². The number of benzene rings is 3. The van der Waals surface area contributed by atoms with Crippen LogP contribution in [-0.2, 0) is 21.4 Å². The zero-order chi connectivity index (χ0) is 25.5. The molecule has 0 atom stereocenters. The Morgan fingerprint density at radius 2 is 1.57 bits per heavy atom. The predicted octanol–water partition coefficient (Wildman–Crippen LogP) is 5.11. The van der Waals surface area contributed by atoms with Crippen molar-refractivity contribution in [1.82, 2.24) is 4.31 Å². The second-order valence-corrected chi connectivity index (χ2v) is 10.5. The van der Waals surface area contributed by atoms with Crippen LogP contribution in [0.3, 0.4) is 0 Å². The molecule has 0 radical (unpaired) electrons. The number of anilines is 1. The molecule has 1 aliphatic heterocycles. The summed E-state index contributed by atoms with van der Waals surface area (Å²) in [5, 5.41) is 2.73. The molecule has 3 aromatic rings. The Morgan fingerprint density at radius 1 is 0.886 bits per heavy atom. The molecular weight excluding hydrogens is 467 g/mol. The van der Waals surface area contributed by atoms with E-state index in [1.54, 1.807) is 43.3 Å². The third kappa shape index (κ3) is 4.61. The van der Waals surface area contributed by atoms with Crippen LogP contribution in [0.1, 0.15) is 45.1 Å². The van der Waals surface area contributed by atoms with E-state index in [0.717, 1.165) is 15.4 Å². The lowest BCUT2D eigenvalue weighted by Gasteiger charge is -2.17. The van der Waals surface area contributed by atoms with Crippen molar-refractivity contribution >= 4 is 32.4 Å². The van der Waals surface area contributed by atoms with Gasteiger partial charge in [-0.25, -0.2) is 17.1 Å². The fraction of sp³-hybridized carbons (Fsp3) is 0.185. The highest BCUT2D eigenvalue weighted by atomic mass is 32.2. The summed E-state index contributed by atoms with van der Waals surface area (Å²) >= 11 is 0. The molecule has 8 heteroatoms. The van der Waals surface area contributed by atoms with E-state index >= 15 is 0 Å². The molecule has 0 saturated carbocycles. The van der Waals surface area contributed by atoms with Crippen molar-refractivity contribution in [3.63, 3.8) is 0 Å². The number of hydrogen-bond donors (Lipinski definition) is 1. The van der Waals surface area contributed by atoms with Crippen LogP contribution in [0, 0.1) is 26.6 Å². The van der Waals surface area contributed by atoms with Crippen LogP contribution in [0.25, 0.3) is 4.91 Å². The van der Waals surface area contributed by atoms with Crippen LogP contribution < -0.4 is 5.32 Å². The van der Waals surface area contributed by atoms with Crippen molar-refractivity contribution in [2.24, 2.45) is 0 Å². The molecule has 0 unspecified atom stereocenters. The summed E-state index contributed by atoms with van der Waals surface area (Å²) < 4.78 is 40.8. The highest BCUT2D eigenvalue weighted by molar-refractivity contribution is 7.99. The third-order valence-corrected chi connectivity index (χ3v) is 8.12. The van der Waals surface area contributed by atoms with Crippen LogP contribution in [0.5, 0.6) is 0 Å². The Hall–Kier alpha value is -3.78. The summed E-state index contributed by atoms with van der Waals surface area (Å²) in [5.74, 6) is -1.33. The van der Waals surface area contributed by atoms with E-state index in [0.29, 0.717) is 27.9 Å². The summed E-state index contributed by atoms with van der Waals surface area (Å²) in [5.41, 5.74) is 4.63. The second kappa shape index (κ2) is 9.11. The minimum atomic E-state index is -4.03. The predicted molar refractivity (Wildman–Crippen MR) is 134 cm³/mol. The fourth-order valence-corrected chi connectivity index (χ4v) is 5.78. The van der Waals surface area contributed by atoms with Gasteiger partial charge >= 0.3 is 0 Å². The van der Waals surface area contributed by atoms with Crippen molar-refractivity contribution in [2.45, 2.75) is 34.2 Å². The fourth-order valence-electron chi connectivity index (χ4n) is 3.99. The zero-order valence-electron chi connectivity index (χ0n) is 19.8. The molecule has 4 rings (SSSR count). The number of carbonyl (C=O) groups is 2. The number of rotatable bonds is 5. The molecule has 6 nitrogen and oxygen atoms in total. The van der Waals surface area contributed by atoms with Gasteiger partial charge in [-0.1, -0.05) is 30.3 Å². The Morgan fingerprint density at radius 3 is 2.20 bits per heavy atom. The molecular formula is C27H25FN2O4S. The Labute approximate surface area is 204 Å². The van der Waals surface area contributed by atoms with E-state index in [1.807, 2.05) is 19.9 Å². The number of carbonyl (C=O) groups excluding carboxylic acids is 2. The first-order valence-corrected chi connectivity index (χ1v) is 12.4. The van der Waals surface area contributed by atoms with Gasteiger partial charge in [-0.15, -0.1) is 0 Å². The molecule has 0 aromatic heterocycles. The monoisotopic (exact) mass is 492 g/mol. The van der Waals surface area contributed by atoms with Crippen molar-refractivity contribution in [3.8, 4) is 0 Å². The van der Waals surface area contributed by atoms with Gasteiger partial charge in [0, 0.05) is 16.8 Å². The maximum Gasteiger partial charge on any atom is 0.268 e. The number of nitrogens with zero attached hydrogens (tertiary/aromatic N) is 1. The quantitative estimate of drug-likeness (QED) is 0.537. The molecule has 180 valence electrons. The largest absolute Gasteiger partial charge is 0.322 e. The number of sulfonamides is 1. The van der Waals surface area contributed by atoms with Gasteiger partial charge in [-0.05, 0) is 85.8 Å². The zero-order valence-corrected chi connectivity index (χ0v) is 20.7. The summed E-state index contributed by atoms with van der Waals surface area (Å²) in [6.07, 6.45) is 0. The molecule has 2 amide bonds. The lowest BCUT2D eigenvalue weighted by Crippen LogP contribution is -2.30. The summed E-state index contributed by atoms with van der Waals surface area (Å²) in [6.45, 7) is 6.90. The first kappa shape index (κ1) is 24.3. The van der Waals surface area contributed by atoms with E-state index in [-0.39, 0.29) is 28.7 Å².